The average Bonchev–Trinajstić information content (AvgIpc) is 3.45. The van der Waals surface area contributed by atoms with Crippen molar-refractivity contribution in [1.82, 2.24) is 9.80 Å². The first-order valence-electron chi connectivity index (χ1n) is 15.2. The smallest absolute Gasteiger partial charge is 0.306 e. The monoisotopic (exact) mass is 648 g/mol. The van der Waals surface area contributed by atoms with Crippen molar-refractivity contribution in [3.8, 4) is 11.1 Å². The van der Waals surface area contributed by atoms with Gasteiger partial charge in [0.2, 0.25) is 5.91 Å². The number of ether oxygens (including phenoxy) is 1. The van der Waals surface area contributed by atoms with Gasteiger partial charge in [0.25, 0.3) is 16.0 Å². The molecule has 0 bridgehead atoms. The van der Waals surface area contributed by atoms with Crippen molar-refractivity contribution >= 4 is 33.7 Å². The number of likely N-dealkylation sites (tertiary alicyclic amines) is 2. The molecule has 2 aliphatic rings. The number of hydrogen-bond acceptors (Lipinski definition) is 7. The number of benzene rings is 3. The maximum atomic E-state index is 13.0. The molecule has 2 amide bonds. The van der Waals surface area contributed by atoms with Gasteiger partial charge >= 0.3 is 5.97 Å². The molecule has 2 saturated heterocycles. The topological polar surface area (TPSA) is 171 Å². The van der Waals surface area contributed by atoms with Crippen LogP contribution in [0.4, 0.5) is 0 Å². The SMILES string of the molecule is N=C(N)c1ccc(-c2ccc(C(=O)N3CCC(CC(=O)OCCN4CCCC4=O)CC3)cc2)cc1.O=S(=O)(O)Cc1ccccc1. The van der Waals surface area contributed by atoms with Crippen LogP contribution >= 0.6 is 0 Å². The molecule has 0 aliphatic carbocycles. The van der Waals surface area contributed by atoms with E-state index in [2.05, 4.69) is 0 Å². The van der Waals surface area contributed by atoms with Crippen LogP contribution in [-0.2, 0) is 30.2 Å². The number of carbonyl (C=O) groups is 3. The first-order chi connectivity index (χ1) is 22.0. The van der Waals surface area contributed by atoms with Crippen LogP contribution in [0.5, 0.6) is 0 Å². The maximum Gasteiger partial charge on any atom is 0.306 e. The summed E-state index contributed by atoms with van der Waals surface area (Å²) in [5.74, 6) is -0.161. The molecular weight excluding hydrogens is 608 g/mol. The Labute approximate surface area is 269 Å². The molecule has 0 spiro atoms. The van der Waals surface area contributed by atoms with Crippen LogP contribution in [0.1, 0.15) is 53.6 Å². The summed E-state index contributed by atoms with van der Waals surface area (Å²) in [4.78, 5) is 40.3. The Bertz CT molecular complexity index is 1600. The van der Waals surface area contributed by atoms with E-state index in [9.17, 15) is 22.8 Å². The zero-order valence-corrected chi connectivity index (χ0v) is 26.5. The second-order valence-corrected chi connectivity index (χ2v) is 12.9. The minimum absolute atomic E-state index is 0.000200. The Morgan fingerprint density at radius 3 is 2.00 bits per heavy atom. The molecule has 3 aromatic carbocycles. The van der Waals surface area contributed by atoms with Crippen LogP contribution < -0.4 is 5.73 Å². The van der Waals surface area contributed by atoms with Crippen molar-refractivity contribution in [2.24, 2.45) is 11.7 Å². The number of hydrogen-bond donors (Lipinski definition) is 3. The van der Waals surface area contributed by atoms with E-state index >= 15 is 0 Å². The Hall–Kier alpha value is -4.55. The van der Waals surface area contributed by atoms with E-state index in [1.807, 2.05) is 53.4 Å². The van der Waals surface area contributed by atoms with Crippen molar-refractivity contribution in [2.45, 2.75) is 37.9 Å². The lowest BCUT2D eigenvalue weighted by Gasteiger charge is -2.31. The summed E-state index contributed by atoms with van der Waals surface area (Å²) >= 11 is 0. The lowest BCUT2D eigenvalue weighted by molar-refractivity contribution is -0.146. The Kier molecular flexibility index (Phi) is 12.0. The van der Waals surface area contributed by atoms with Crippen molar-refractivity contribution in [3.05, 3.63) is 95.6 Å². The summed E-state index contributed by atoms with van der Waals surface area (Å²) in [6, 6.07) is 23.5. The summed E-state index contributed by atoms with van der Waals surface area (Å²) in [6.07, 6.45) is 3.36. The van der Waals surface area contributed by atoms with Crippen LogP contribution in [-0.4, -0.2) is 79.2 Å². The normalized spacial score (nSPS) is 15.2. The summed E-state index contributed by atoms with van der Waals surface area (Å²) in [6.45, 7) is 2.71. The van der Waals surface area contributed by atoms with Gasteiger partial charge in [-0.05, 0) is 54.0 Å². The minimum Gasteiger partial charge on any atom is -0.464 e. The minimum atomic E-state index is -3.88. The quantitative estimate of drug-likeness (QED) is 0.128. The third-order valence-corrected chi connectivity index (χ3v) is 8.70. The fraction of sp³-hybridized carbons (Fsp3) is 0.353. The number of rotatable bonds is 10. The van der Waals surface area contributed by atoms with Gasteiger partial charge in [0.05, 0.1) is 6.54 Å². The number of piperidine rings is 1. The van der Waals surface area contributed by atoms with Crippen LogP contribution in [0.2, 0.25) is 0 Å². The average molecular weight is 649 g/mol. The predicted octanol–water partition coefficient (Wildman–Crippen LogP) is 4.12. The summed E-state index contributed by atoms with van der Waals surface area (Å²) in [7, 11) is -3.88. The van der Waals surface area contributed by atoms with Gasteiger partial charge in [-0.25, -0.2) is 0 Å². The number of amides is 2. The molecule has 0 atom stereocenters. The van der Waals surface area contributed by atoms with Crippen molar-refractivity contribution in [3.63, 3.8) is 0 Å². The number of amidine groups is 1. The first-order valence-corrected chi connectivity index (χ1v) is 16.9. The van der Waals surface area contributed by atoms with Gasteiger partial charge in [-0.1, -0.05) is 66.7 Å². The first kappa shape index (κ1) is 34.3. The van der Waals surface area contributed by atoms with Crippen molar-refractivity contribution in [2.75, 3.05) is 32.8 Å². The van der Waals surface area contributed by atoms with E-state index < -0.39 is 10.1 Å². The van der Waals surface area contributed by atoms with Gasteiger partial charge in [-0.2, -0.15) is 8.42 Å². The standard InChI is InChI=1S/C27H32N4O4.C7H8O3S/c28-26(29)22-7-3-20(4-8-22)21-5-9-23(10-6-21)27(34)31-14-11-19(12-15-31)18-25(33)35-17-16-30-13-1-2-24(30)32;8-11(9,10)6-7-4-2-1-3-5-7/h3-10,19H,1-2,11-18H2,(H3,28,29);1-5H,6H2,(H,8,9,10). The van der Waals surface area contributed by atoms with Crippen LogP contribution in [0.15, 0.2) is 78.9 Å². The molecule has 46 heavy (non-hydrogen) atoms. The number of nitrogen functional groups attached to an aromatic ring is 1. The van der Waals surface area contributed by atoms with Crippen LogP contribution in [0.3, 0.4) is 0 Å². The molecule has 5 rings (SSSR count). The molecule has 0 unspecified atom stereocenters. The second-order valence-electron chi connectivity index (χ2n) is 11.4. The Balaban J connectivity index is 0.000000369. The molecule has 4 N–H and O–H groups in total. The molecule has 2 heterocycles. The highest BCUT2D eigenvalue weighted by Gasteiger charge is 2.26. The van der Waals surface area contributed by atoms with Gasteiger partial charge in [-0.3, -0.25) is 24.3 Å². The zero-order valence-electron chi connectivity index (χ0n) is 25.6. The second kappa shape index (κ2) is 16.1. The van der Waals surface area contributed by atoms with Gasteiger partial charge < -0.3 is 20.3 Å². The molecule has 0 radical (unpaired) electrons. The van der Waals surface area contributed by atoms with Gasteiger partial charge in [-0.15, -0.1) is 0 Å². The third-order valence-electron chi connectivity index (χ3n) is 8.01. The molecule has 11 nitrogen and oxygen atoms in total. The van der Waals surface area contributed by atoms with E-state index in [-0.39, 0.29) is 41.9 Å². The fourth-order valence-corrected chi connectivity index (χ4v) is 6.07. The lowest BCUT2D eigenvalue weighted by Crippen LogP contribution is -2.39. The molecule has 0 aromatic heterocycles. The third kappa shape index (κ3) is 10.5. The number of nitrogens with two attached hydrogens (primary N) is 1. The number of nitrogens with one attached hydrogen (secondary N) is 1. The predicted molar refractivity (Wildman–Crippen MR) is 175 cm³/mol. The summed E-state index contributed by atoms with van der Waals surface area (Å²) in [5, 5.41) is 7.49. The summed E-state index contributed by atoms with van der Waals surface area (Å²) < 4.78 is 34.5. The zero-order chi connectivity index (χ0) is 33.1. The van der Waals surface area contributed by atoms with Crippen molar-refractivity contribution in [1.29, 1.82) is 5.41 Å². The number of esters is 1. The molecule has 0 saturated carbocycles. The molecule has 12 heteroatoms. The highest BCUT2D eigenvalue weighted by Crippen LogP contribution is 2.24. The number of carbonyl (C=O) groups excluding carboxylic acids is 3. The fourth-order valence-electron chi connectivity index (χ4n) is 5.46. The lowest BCUT2D eigenvalue weighted by atomic mass is 9.93. The summed E-state index contributed by atoms with van der Waals surface area (Å²) in [5.41, 5.74) is 9.40. The van der Waals surface area contributed by atoms with Crippen LogP contribution in [0.25, 0.3) is 11.1 Å². The molecule has 2 fully saturated rings. The van der Waals surface area contributed by atoms with Gasteiger partial charge in [0.1, 0.15) is 18.2 Å². The highest BCUT2D eigenvalue weighted by atomic mass is 32.2. The molecule has 2 aliphatic heterocycles. The molecular formula is C34H40N4O7S. The maximum absolute atomic E-state index is 13.0. The van der Waals surface area contributed by atoms with Crippen LogP contribution in [0, 0.1) is 11.3 Å². The largest absolute Gasteiger partial charge is 0.464 e. The Morgan fingerprint density at radius 2 is 1.48 bits per heavy atom. The highest BCUT2D eigenvalue weighted by molar-refractivity contribution is 7.85. The molecule has 244 valence electrons. The van der Waals surface area contributed by atoms with Crippen molar-refractivity contribution < 1.29 is 32.1 Å². The van der Waals surface area contributed by atoms with E-state index in [1.54, 1.807) is 35.2 Å². The van der Waals surface area contributed by atoms with E-state index in [0.29, 0.717) is 49.2 Å². The van der Waals surface area contributed by atoms with E-state index in [0.717, 1.165) is 36.9 Å². The van der Waals surface area contributed by atoms with E-state index in [4.69, 9.17) is 20.4 Å². The van der Waals surface area contributed by atoms with E-state index in [1.165, 1.54) is 0 Å². The molecule has 3 aromatic rings. The Morgan fingerprint density at radius 1 is 0.891 bits per heavy atom. The van der Waals surface area contributed by atoms with Gasteiger partial charge in [0, 0.05) is 43.6 Å². The number of nitrogens with zero attached hydrogens (tertiary/aromatic N) is 2. The van der Waals surface area contributed by atoms with Gasteiger partial charge in [0.15, 0.2) is 0 Å².